The predicted octanol–water partition coefficient (Wildman–Crippen LogP) is 0.312. The number of carboxylic acid groups (broad SMARTS) is 1. The molecule has 2 heterocycles. The first-order valence-corrected chi connectivity index (χ1v) is 8.22. The first-order valence-electron chi connectivity index (χ1n) is 5.92. The molecule has 0 radical (unpaired) electrons. The molecule has 1 aromatic heterocycles. The molecular formula is C11H14N2O5S2. The maximum atomic E-state index is 12.1. The molecule has 0 aliphatic carbocycles. The molecule has 1 aromatic rings. The van der Waals surface area contributed by atoms with Gasteiger partial charge in [0.15, 0.2) is 0 Å². The number of carbonyl (C=O) groups is 2. The van der Waals surface area contributed by atoms with Gasteiger partial charge < -0.3 is 10.4 Å². The summed E-state index contributed by atoms with van der Waals surface area (Å²) in [5.74, 6) is -1.23. The zero-order chi connectivity index (χ0) is 14.9. The normalized spacial score (nSPS) is 19.1. The van der Waals surface area contributed by atoms with Crippen LogP contribution in [0.5, 0.6) is 0 Å². The van der Waals surface area contributed by atoms with Crippen LogP contribution in [-0.2, 0) is 14.8 Å². The molecule has 0 spiro atoms. The number of nitrogens with one attached hydrogen (secondary N) is 2. The van der Waals surface area contributed by atoms with E-state index >= 15 is 0 Å². The Labute approximate surface area is 120 Å². The highest BCUT2D eigenvalue weighted by atomic mass is 32.2. The van der Waals surface area contributed by atoms with E-state index in [1.54, 1.807) is 6.92 Å². The third-order valence-electron chi connectivity index (χ3n) is 2.96. The van der Waals surface area contributed by atoms with Gasteiger partial charge in [0.05, 0.1) is 0 Å². The fraction of sp³-hybridized carbons (Fsp3) is 0.455. The molecule has 0 saturated carbocycles. The van der Waals surface area contributed by atoms with Crippen LogP contribution in [-0.4, -0.2) is 38.0 Å². The molecule has 0 aromatic carbocycles. The van der Waals surface area contributed by atoms with Crippen molar-refractivity contribution in [1.29, 1.82) is 0 Å². The second kappa shape index (κ2) is 5.51. The van der Waals surface area contributed by atoms with E-state index in [1.807, 2.05) is 0 Å². The summed E-state index contributed by atoms with van der Waals surface area (Å²) in [6, 6.07) is 1.13. The van der Waals surface area contributed by atoms with Crippen LogP contribution >= 0.6 is 11.3 Å². The monoisotopic (exact) mass is 318 g/mol. The largest absolute Gasteiger partial charge is 0.477 e. The van der Waals surface area contributed by atoms with Gasteiger partial charge in [0.2, 0.25) is 15.9 Å². The van der Waals surface area contributed by atoms with Crippen LogP contribution in [0, 0.1) is 6.92 Å². The van der Waals surface area contributed by atoms with E-state index in [1.165, 1.54) is 6.07 Å². The van der Waals surface area contributed by atoms with Crippen molar-refractivity contribution >= 4 is 33.2 Å². The smallest absolute Gasteiger partial charge is 0.346 e. The maximum Gasteiger partial charge on any atom is 0.346 e. The van der Waals surface area contributed by atoms with Crippen LogP contribution in [0.2, 0.25) is 0 Å². The lowest BCUT2D eigenvalue weighted by molar-refractivity contribution is -0.119. The van der Waals surface area contributed by atoms with Gasteiger partial charge in [-0.05, 0) is 25.0 Å². The van der Waals surface area contributed by atoms with E-state index in [0.29, 0.717) is 18.4 Å². The van der Waals surface area contributed by atoms with Crippen LogP contribution < -0.4 is 10.0 Å². The van der Waals surface area contributed by atoms with Gasteiger partial charge in [-0.2, -0.15) is 0 Å². The zero-order valence-electron chi connectivity index (χ0n) is 10.7. The summed E-state index contributed by atoms with van der Waals surface area (Å²) < 4.78 is 26.5. The van der Waals surface area contributed by atoms with Crippen LogP contribution in [0.1, 0.15) is 28.1 Å². The van der Waals surface area contributed by atoms with Gasteiger partial charge in [-0.25, -0.2) is 17.9 Å². The Balaban J connectivity index is 2.08. The lowest BCUT2D eigenvalue weighted by Crippen LogP contribution is -2.38. The number of hydrogen-bond acceptors (Lipinski definition) is 5. The fourth-order valence-electron chi connectivity index (χ4n) is 1.91. The third kappa shape index (κ3) is 3.17. The van der Waals surface area contributed by atoms with Crippen LogP contribution in [0.25, 0.3) is 0 Å². The molecule has 0 bridgehead atoms. The van der Waals surface area contributed by atoms with Crippen molar-refractivity contribution in [1.82, 2.24) is 10.0 Å². The van der Waals surface area contributed by atoms with E-state index in [-0.39, 0.29) is 27.6 Å². The number of carboxylic acids is 1. The number of thiophene rings is 1. The minimum atomic E-state index is -3.75. The Morgan fingerprint density at radius 2 is 2.30 bits per heavy atom. The van der Waals surface area contributed by atoms with Gasteiger partial charge in [0, 0.05) is 19.0 Å². The first-order chi connectivity index (χ1) is 9.29. The molecule has 110 valence electrons. The molecule has 9 heteroatoms. The van der Waals surface area contributed by atoms with Crippen LogP contribution in [0.3, 0.4) is 0 Å². The molecule has 1 saturated heterocycles. The summed E-state index contributed by atoms with van der Waals surface area (Å²) in [6.07, 6.45) is 0.985. The fourth-order valence-corrected chi connectivity index (χ4v) is 4.41. The van der Waals surface area contributed by atoms with Gasteiger partial charge in [-0.15, -0.1) is 11.3 Å². The molecule has 1 fully saturated rings. The van der Waals surface area contributed by atoms with Crippen molar-refractivity contribution in [3.63, 3.8) is 0 Å². The van der Waals surface area contributed by atoms with E-state index in [0.717, 1.165) is 11.3 Å². The minimum Gasteiger partial charge on any atom is -0.477 e. The summed E-state index contributed by atoms with van der Waals surface area (Å²) in [5, 5.41) is 11.6. The molecule has 1 amide bonds. The van der Waals surface area contributed by atoms with Crippen molar-refractivity contribution in [2.24, 2.45) is 0 Å². The maximum absolute atomic E-state index is 12.1. The van der Waals surface area contributed by atoms with E-state index in [4.69, 9.17) is 5.11 Å². The summed E-state index contributed by atoms with van der Waals surface area (Å²) >= 11 is 0.720. The van der Waals surface area contributed by atoms with Crippen molar-refractivity contribution < 1.29 is 23.1 Å². The van der Waals surface area contributed by atoms with Gasteiger partial charge in [-0.1, -0.05) is 0 Å². The average molecular weight is 318 g/mol. The second-order valence-corrected chi connectivity index (χ2v) is 7.58. The molecule has 7 nitrogen and oxygen atoms in total. The van der Waals surface area contributed by atoms with Gasteiger partial charge in [0.25, 0.3) is 0 Å². The number of carbonyl (C=O) groups excluding carboxylic acids is 1. The highest BCUT2D eigenvalue weighted by Gasteiger charge is 2.25. The average Bonchev–Trinajstić information content (AvgIpc) is 2.93. The lowest BCUT2D eigenvalue weighted by atomic mass is 10.2. The zero-order valence-corrected chi connectivity index (χ0v) is 12.3. The summed E-state index contributed by atoms with van der Waals surface area (Å²) in [7, 11) is -3.75. The van der Waals surface area contributed by atoms with E-state index < -0.39 is 16.0 Å². The molecule has 1 aliphatic heterocycles. The number of aryl methyl sites for hydroxylation is 1. The predicted molar refractivity (Wildman–Crippen MR) is 72.4 cm³/mol. The Morgan fingerprint density at radius 3 is 2.80 bits per heavy atom. The van der Waals surface area contributed by atoms with Crippen molar-refractivity contribution in [2.75, 3.05) is 6.54 Å². The topological polar surface area (TPSA) is 113 Å². The summed E-state index contributed by atoms with van der Waals surface area (Å²) in [6.45, 7) is 1.66. The SMILES string of the molecule is Cc1cc(S(=O)(=O)NCC2CCC(=O)N2)sc1C(=O)O. The van der Waals surface area contributed by atoms with Crippen LogP contribution in [0.15, 0.2) is 10.3 Å². The third-order valence-corrected chi connectivity index (χ3v) is 6.08. The Morgan fingerprint density at radius 1 is 1.60 bits per heavy atom. The Bertz CT molecular complexity index is 650. The molecule has 1 atom stereocenters. The number of sulfonamides is 1. The van der Waals surface area contributed by atoms with Gasteiger partial charge in [0.1, 0.15) is 9.09 Å². The first kappa shape index (κ1) is 14.9. The summed E-state index contributed by atoms with van der Waals surface area (Å²) in [5.41, 5.74) is 0.414. The molecular weight excluding hydrogens is 304 g/mol. The summed E-state index contributed by atoms with van der Waals surface area (Å²) in [4.78, 5) is 21.9. The Kier molecular flexibility index (Phi) is 4.11. The highest BCUT2D eigenvalue weighted by Crippen LogP contribution is 2.25. The van der Waals surface area contributed by atoms with Crippen molar-refractivity contribution in [3.8, 4) is 0 Å². The van der Waals surface area contributed by atoms with Gasteiger partial charge >= 0.3 is 5.97 Å². The standard InChI is InChI=1S/C11H14N2O5S2/c1-6-4-9(19-10(6)11(15)16)20(17,18)12-5-7-2-3-8(14)13-7/h4,7,12H,2-3,5H2,1H3,(H,13,14)(H,15,16). The quantitative estimate of drug-likeness (QED) is 0.723. The van der Waals surface area contributed by atoms with E-state index in [2.05, 4.69) is 10.0 Å². The molecule has 1 unspecified atom stereocenters. The highest BCUT2D eigenvalue weighted by molar-refractivity contribution is 7.91. The number of hydrogen-bond donors (Lipinski definition) is 3. The second-order valence-electron chi connectivity index (χ2n) is 4.54. The lowest BCUT2D eigenvalue weighted by Gasteiger charge is -2.10. The number of rotatable bonds is 5. The molecule has 1 aliphatic rings. The molecule has 2 rings (SSSR count). The van der Waals surface area contributed by atoms with E-state index in [9.17, 15) is 18.0 Å². The van der Waals surface area contributed by atoms with Crippen molar-refractivity contribution in [3.05, 3.63) is 16.5 Å². The minimum absolute atomic E-state index is 0.0135. The number of amides is 1. The molecule has 3 N–H and O–H groups in total. The Hall–Kier alpha value is -1.45. The van der Waals surface area contributed by atoms with Gasteiger partial charge in [-0.3, -0.25) is 4.79 Å². The van der Waals surface area contributed by atoms with Crippen LogP contribution in [0.4, 0.5) is 0 Å². The number of aromatic carboxylic acids is 1. The molecule has 20 heavy (non-hydrogen) atoms. The van der Waals surface area contributed by atoms with Crippen molar-refractivity contribution in [2.45, 2.75) is 30.0 Å².